The van der Waals surface area contributed by atoms with Crippen LogP contribution in [0.1, 0.15) is 116 Å². The quantitative estimate of drug-likeness (QED) is 0.134. The maximum atomic E-state index is 13.0. The predicted octanol–water partition coefficient (Wildman–Crippen LogP) is 3.96. The highest BCUT2D eigenvalue weighted by atomic mass is 16.6. The van der Waals surface area contributed by atoms with Gasteiger partial charge >= 0.3 is 11.9 Å². The smallest absolute Gasteiger partial charge is 0.307 e. The largest absolute Gasteiger partial charge is 0.481 e. The van der Waals surface area contributed by atoms with Gasteiger partial charge in [-0.3, -0.25) is 34.6 Å². The van der Waals surface area contributed by atoms with Crippen LogP contribution in [0.4, 0.5) is 0 Å². The molecule has 0 heterocycles. The number of nitrogens with zero attached hydrogens (tertiary/aromatic N) is 2. The van der Waals surface area contributed by atoms with Gasteiger partial charge in [0.1, 0.15) is 0 Å². The van der Waals surface area contributed by atoms with E-state index < -0.39 is 64.6 Å². The Bertz CT molecular complexity index is 1200. The van der Waals surface area contributed by atoms with Gasteiger partial charge in [-0.1, -0.05) is 0 Å². The van der Waals surface area contributed by atoms with Crippen molar-refractivity contribution in [2.45, 2.75) is 164 Å². The molecule has 5 saturated carbocycles. The van der Waals surface area contributed by atoms with Crippen molar-refractivity contribution >= 4 is 17.8 Å². The van der Waals surface area contributed by atoms with E-state index in [1.807, 2.05) is 0 Å². The van der Waals surface area contributed by atoms with E-state index in [9.17, 15) is 50.0 Å². The minimum absolute atomic E-state index is 0.0135. The van der Waals surface area contributed by atoms with Crippen LogP contribution in [0.2, 0.25) is 0 Å². The van der Waals surface area contributed by atoms with E-state index in [2.05, 4.69) is 10.8 Å². The van der Waals surface area contributed by atoms with E-state index in [1.54, 1.807) is 0 Å². The zero-order valence-electron chi connectivity index (χ0n) is 28.6. The molecule has 5 N–H and O–H groups in total. The molecule has 0 bridgehead atoms. The molecule has 0 radical (unpaired) electrons. The Morgan fingerprint density at radius 3 is 1.50 bits per heavy atom. The first-order chi connectivity index (χ1) is 23.9. The van der Waals surface area contributed by atoms with Crippen molar-refractivity contribution in [3.63, 3.8) is 0 Å². The van der Waals surface area contributed by atoms with Crippen molar-refractivity contribution < 1.29 is 49.1 Å². The Morgan fingerprint density at radius 2 is 1.04 bits per heavy atom. The van der Waals surface area contributed by atoms with Crippen LogP contribution in [0.3, 0.4) is 0 Å². The van der Waals surface area contributed by atoms with Gasteiger partial charge in [-0.2, -0.15) is 0 Å². The Morgan fingerprint density at radius 1 is 0.600 bits per heavy atom. The van der Waals surface area contributed by atoms with Crippen LogP contribution in [0.15, 0.2) is 0 Å². The molecule has 7 unspecified atom stereocenters. The van der Waals surface area contributed by atoms with E-state index in [-0.39, 0.29) is 79.8 Å². The molecule has 282 valence electrons. The topological polar surface area (TPSA) is 241 Å². The van der Waals surface area contributed by atoms with Crippen molar-refractivity contribution in [3.8, 4) is 0 Å². The van der Waals surface area contributed by atoms with Crippen molar-refractivity contribution in [1.82, 2.24) is 10.8 Å². The van der Waals surface area contributed by atoms with E-state index in [4.69, 9.17) is 9.47 Å². The summed E-state index contributed by atoms with van der Waals surface area (Å²) in [6.45, 7) is 0. The number of ether oxygens (including phenoxy) is 2. The molecule has 0 aromatic heterocycles. The fourth-order valence-corrected chi connectivity index (χ4v) is 9.64. The molecule has 50 heavy (non-hydrogen) atoms. The first-order valence-corrected chi connectivity index (χ1v) is 18.7. The third-order valence-corrected chi connectivity index (χ3v) is 12.5. The van der Waals surface area contributed by atoms with Crippen LogP contribution in [-0.2, 0) is 23.9 Å². The molecule has 5 aliphatic rings. The van der Waals surface area contributed by atoms with E-state index in [0.29, 0.717) is 12.8 Å². The molecule has 0 spiro atoms. The number of nitrogens with one attached hydrogen (secondary N) is 2. The van der Waals surface area contributed by atoms with Crippen molar-refractivity contribution in [1.29, 1.82) is 0 Å². The fourth-order valence-electron chi connectivity index (χ4n) is 9.64. The SMILES string of the molecule is O=C(O)C1CCC([N+](=O)[O-])CC1C(=O)NC1CCC(OC2CCC(OC3CCC(C(NO)C4CC([N+](=O)[O-])CCC4C(=O)O)CC3)CC2)CC1. The minimum Gasteiger partial charge on any atom is -0.481 e. The molecule has 0 saturated heterocycles. The standard InChI is InChI=1S/C34H54N4O12/c39-32(30-18-22(38(47)48)6-16-28(30)34(42)43)35-20-3-9-24(10-4-20)50-26-13-11-25(12-14-26)49-23-7-1-19(2-8-23)31(36-44)29-17-21(37(45)46)5-15-27(29)33(40)41/h19-31,36,44H,1-18H2,(H,35,39)(H,40,41)(H,42,43). The number of carbonyl (C=O) groups is 3. The van der Waals surface area contributed by atoms with Gasteiger partial charge in [0, 0.05) is 47.6 Å². The van der Waals surface area contributed by atoms with Gasteiger partial charge in [-0.15, -0.1) is 0 Å². The summed E-state index contributed by atoms with van der Waals surface area (Å²) in [5.74, 6) is -5.45. The van der Waals surface area contributed by atoms with E-state index >= 15 is 0 Å². The number of hydrogen-bond acceptors (Lipinski definition) is 11. The molecule has 5 rings (SSSR count). The first-order valence-electron chi connectivity index (χ1n) is 18.7. The monoisotopic (exact) mass is 710 g/mol. The molecule has 1 amide bonds. The number of carbonyl (C=O) groups excluding carboxylic acids is 1. The van der Waals surface area contributed by atoms with E-state index in [1.165, 1.54) is 0 Å². The van der Waals surface area contributed by atoms with E-state index in [0.717, 1.165) is 64.2 Å². The number of amides is 1. The third kappa shape index (κ3) is 9.68. The Labute approximate surface area is 291 Å². The normalized spacial score (nSPS) is 38.7. The summed E-state index contributed by atoms with van der Waals surface area (Å²) in [5, 5.41) is 55.2. The Balaban J connectivity index is 0.994. The summed E-state index contributed by atoms with van der Waals surface area (Å²) in [7, 11) is 0. The lowest BCUT2D eigenvalue weighted by Gasteiger charge is -2.42. The van der Waals surface area contributed by atoms with Crippen LogP contribution >= 0.6 is 0 Å². The molecule has 7 atom stereocenters. The van der Waals surface area contributed by atoms with Crippen LogP contribution in [0, 0.1) is 49.8 Å². The number of carboxylic acid groups (broad SMARTS) is 2. The van der Waals surface area contributed by atoms with Gasteiger partial charge in [0.2, 0.25) is 18.0 Å². The highest BCUT2D eigenvalue weighted by Gasteiger charge is 2.47. The maximum Gasteiger partial charge on any atom is 0.307 e. The van der Waals surface area contributed by atoms with Crippen molar-refractivity contribution in [2.24, 2.45) is 29.6 Å². The number of nitro groups is 2. The third-order valence-electron chi connectivity index (χ3n) is 12.5. The summed E-state index contributed by atoms with van der Waals surface area (Å²) in [6.07, 6.45) is 10.9. The number of hydroxylamine groups is 1. The zero-order valence-corrected chi connectivity index (χ0v) is 28.6. The average molecular weight is 711 g/mol. The van der Waals surface area contributed by atoms with Crippen LogP contribution in [-0.4, -0.2) is 91.7 Å². The molecule has 0 aliphatic heterocycles. The minimum atomic E-state index is -1.08. The molecule has 5 fully saturated rings. The second-order valence-corrected chi connectivity index (χ2v) is 15.5. The maximum absolute atomic E-state index is 13.0. The van der Waals surface area contributed by atoms with Crippen LogP contribution in [0.25, 0.3) is 0 Å². The van der Waals surface area contributed by atoms with Gasteiger partial charge in [-0.25, -0.2) is 5.48 Å². The number of carboxylic acids is 2. The summed E-state index contributed by atoms with van der Waals surface area (Å²) in [5.41, 5.74) is 2.36. The van der Waals surface area contributed by atoms with Gasteiger partial charge in [0.05, 0.1) is 42.2 Å². The van der Waals surface area contributed by atoms with Crippen LogP contribution < -0.4 is 10.8 Å². The van der Waals surface area contributed by atoms with Gasteiger partial charge in [0.25, 0.3) is 0 Å². The lowest BCUT2D eigenvalue weighted by Crippen LogP contribution is -2.50. The first kappa shape index (κ1) is 38.3. The van der Waals surface area contributed by atoms with Crippen LogP contribution in [0.5, 0.6) is 0 Å². The number of rotatable bonds is 13. The molecule has 5 aliphatic carbocycles. The van der Waals surface area contributed by atoms with Crippen molar-refractivity contribution in [2.75, 3.05) is 0 Å². The second kappa shape index (κ2) is 17.5. The average Bonchev–Trinajstić information content (AvgIpc) is 3.10. The lowest BCUT2D eigenvalue weighted by molar-refractivity contribution is -0.529. The Hall–Kier alpha value is -2.95. The molecule has 16 nitrogen and oxygen atoms in total. The molecule has 0 aromatic rings. The highest BCUT2D eigenvalue weighted by molar-refractivity contribution is 5.85. The molecule has 0 aromatic carbocycles. The summed E-state index contributed by atoms with van der Waals surface area (Å²) >= 11 is 0. The predicted molar refractivity (Wildman–Crippen MR) is 175 cm³/mol. The summed E-state index contributed by atoms with van der Waals surface area (Å²) in [4.78, 5) is 58.7. The van der Waals surface area contributed by atoms with Gasteiger partial charge < -0.3 is 30.2 Å². The molecule has 16 heteroatoms. The summed E-state index contributed by atoms with van der Waals surface area (Å²) < 4.78 is 12.9. The number of aliphatic carboxylic acids is 2. The van der Waals surface area contributed by atoms with Gasteiger partial charge in [0.15, 0.2) is 0 Å². The van der Waals surface area contributed by atoms with Gasteiger partial charge in [-0.05, 0) is 102 Å². The zero-order chi connectivity index (χ0) is 35.9. The highest BCUT2D eigenvalue weighted by Crippen LogP contribution is 2.41. The second-order valence-electron chi connectivity index (χ2n) is 15.5. The lowest BCUT2D eigenvalue weighted by atomic mass is 9.68. The molecular weight excluding hydrogens is 656 g/mol. The molecular formula is C34H54N4O12. The fraction of sp³-hybridized carbons (Fsp3) is 0.912. The van der Waals surface area contributed by atoms with Crippen molar-refractivity contribution in [3.05, 3.63) is 20.2 Å². The Kier molecular flexibility index (Phi) is 13.4. The summed E-state index contributed by atoms with van der Waals surface area (Å²) in [6, 6.07) is -2.29. The number of hydrogen-bond donors (Lipinski definition) is 5.